The number of carbonyl (C=O) groups excluding carboxylic acids is 1. The van der Waals surface area contributed by atoms with E-state index in [0.717, 1.165) is 22.2 Å². The van der Waals surface area contributed by atoms with Gasteiger partial charge in [-0.1, -0.05) is 61.4 Å². The lowest BCUT2D eigenvalue weighted by Crippen LogP contribution is -2.03. The predicted molar refractivity (Wildman–Crippen MR) is 92.0 cm³/mol. The zero-order valence-corrected chi connectivity index (χ0v) is 14.9. The molecular weight excluding hydrogens is 328 g/mol. The molecule has 1 aromatic carbocycles. The maximum atomic E-state index is 12.0. The summed E-state index contributed by atoms with van der Waals surface area (Å²) in [5.41, 5.74) is 1.02. The van der Waals surface area contributed by atoms with Gasteiger partial charge >= 0.3 is 0 Å². The number of ether oxygens (including phenoxy) is 1. The van der Waals surface area contributed by atoms with Crippen molar-refractivity contribution in [3.8, 4) is 5.75 Å². The summed E-state index contributed by atoms with van der Waals surface area (Å²) in [4.78, 5) is 12.0. The van der Waals surface area contributed by atoms with E-state index in [9.17, 15) is 4.79 Å². The average molecular weight is 355 g/mol. The van der Waals surface area contributed by atoms with Gasteiger partial charge in [0.25, 0.3) is 0 Å². The van der Waals surface area contributed by atoms with E-state index < -0.39 is 0 Å². The molecule has 0 aliphatic carbocycles. The second-order valence-electron chi connectivity index (χ2n) is 5.54. The van der Waals surface area contributed by atoms with Crippen molar-refractivity contribution in [2.45, 2.75) is 64.7 Å². The van der Waals surface area contributed by atoms with Crippen LogP contribution in [0.1, 0.15) is 63.9 Å². The molecule has 0 aromatic heterocycles. The molecule has 0 unspecified atom stereocenters. The molecule has 2 nitrogen and oxygen atoms in total. The normalized spacial score (nSPS) is 10.6. The van der Waals surface area contributed by atoms with E-state index in [-0.39, 0.29) is 0 Å². The van der Waals surface area contributed by atoms with Gasteiger partial charge in [-0.15, -0.1) is 0 Å². The number of halogens is 1. The molecule has 3 heteroatoms. The zero-order valence-electron chi connectivity index (χ0n) is 13.3. The van der Waals surface area contributed by atoms with Gasteiger partial charge in [0.1, 0.15) is 11.5 Å². The summed E-state index contributed by atoms with van der Waals surface area (Å²) < 4.78 is 6.19. The van der Waals surface area contributed by atoms with E-state index in [0.29, 0.717) is 18.6 Å². The Bertz CT molecular complexity index is 429. The summed E-state index contributed by atoms with van der Waals surface area (Å²) in [7, 11) is 1.65. The Hall–Kier alpha value is -0.830. The summed E-state index contributed by atoms with van der Waals surface area (Å²) in [6.07, 6.45) is 9.91. The number of rotatable bonds is 11. The highest BCUT2D eigenvalue weighted by molar-refractivity contribution is 9.10. The Morgan fingerprint density at radius 3 is 2.43 bits per heavy atom. The Balaban J connectivity index is 2.24. The van der Waals surface area contributed by atoms with Crippen molar-refractivity contribution in [3.05, 3.63) is 28.2 Å². The smallest absolute Gasteiger partial charge is 0.137 e. The zero-order chi connectivity index (χ0) is 15.5. The number of unbranched alkanes of at least 4 members (excludes halogenated alkanes) is 6. The first-order valence-corrected chi connectivity index (χ1v) is 8.80. The van der Waals surface area contributed by atoms with Crippen LogP contribution in [0.4, 0.5) is 0 Å². The Morgan fingerprint density at radius 1 is 1.10 bits per heavy atom. The lowest BCUT2D eigenvalue weighted by Gasteiger charge is -2.07. The van der Waals surface area contributed by atoms with Gasteiger partial charge in [-0.05, 0) is 30.2 Å². The second kappa shape index (κ2) is 10.8. The van der Waals surface area contributed by atoms with E-state index in [1.54, 1.807) is 7.11 Å². The van der Waals surface area contributed by atoms with Crippen LogP contribution in [0.25, 0.3) is 0 Å². The quantitative estimate of drug-likeness (QED) is 0.475. The molecule has 0 bridgehead atoms. The minimum Gasteiger partial charge on any atom is -0.497 e. The number of Topliss-reactive ketones (excluding diaryl/α,β-unsaturated/α-hetero) is 1. The predicted octanol–water partition coefficient (Wildman–Crippen LogP) is 5.71. The molecule has 0 fully saturated rings. The third-order valence-corrected chi connectivity index (χ3v) is 4.47. The molecule has 0 spiro atoms. The number of ketones is 1. The van der Waals surface area contributed by atoms with Crippen LogP contribution in [0.2, 0.25) is 0 Å². The van der Waals surface area contributed by atoms with E-state index >= 15 is 0 Å². The summed E-state index contributed by atoms with van der Waals surface area (Å²) in [6.45, 7) is 2.23. The summed E-state index contributed by atoms with van der Waals surface area (Å²) in [5.74, 6) is 1.12. The molecule has 0 heterocycles. The van der Waals surface area contributed by atoms with Crippen molar-refractivity contribution >= 4 is 21.7 Å². The van der Waals surface area contributed by atoms with E-state index in [4.69, 9.17) is 4.74 Å². The number of methoxy groups -OCH3 is 1. The van der Waals surface area contributed by atoms with Crippen molar-refractivity contribution in [1.29, 1.82) is 0 Å². The van der Waals surface area contributed by atoms with Gasteiger partial charge in [-0.3, -0.25) is 4.79 Å². The van der Waals surface area contributed by atoms with Gasteiger partial charge in [-0.2, -0.15) is 0 Å². The Labute approximate surface area is 137 Å². The molecule has 0 saturated carbocycles. The molecule has 118 valence electrons. The molecule has 1 aromatic rings. The van der Waals surface area contributed by atoms with Crippen molar-refractivity contribution < 1.29 is 9.53 Å². The van der Waals surface area contributed by atoms with Crippen LogP contribution in [-0.4, -0.2) is 12.9 Å². The van der Waals surface area contributed by atoms with Crippen LogP contribution in [0.15, 0.2) is 22.7 Å². The molecule has 0 aliphatic rings. The summed E-state index contributed by atoms with van der Waals surface area (Å²) >= 11 is 3.50. The molecule has 0 saturated heterocycles. The number of hydrogen-bond acceptors (Lipinski definition) is 2. The van der Waals surface area contributed by atoms with Crippen LogP contribution in [-0.2, 0) is 11.2 Å². The van der Waals surface area contributed by atoms with Crippen LogP contribution in [0.5, 0.6) is 5.75 Å². The topological polar surface area (TPSA) is 26.3 Å². The molecule has 0 radical (unpaired) electrons. The lowest BCUT2D eigenvalue weighted by atomic mass is 10.0. The Morgan fingerprint density at radius 2 is 1.76 bits per heavy atom. The van der Waals surface area contributed by atoms with E-state index in [1.165, 1.54) is 38.5 Å². The van der Waals surface area contributed by atoms with Gasteiger partial charge in [-0.25, -0.2) is 0 Å². The standard InChI is InChI=1S/C18H27BrO2/c1-3-4-5-6-7-8-9-10-16(20)13-15-14-17(21-2)11-12-18(15)19/h11-12,14H,3-10,13H2,1-2H3. The summed E-state index contributed by atoms with van der Waals surface area (Å²) in [6, 6.07) is 5.77. The largest absolute Gasteiger partial charge is 0.497 e. The van der Waals surface area contributed by atoms with Gasteiger partial charge in [0.05, 0.1) is 7.11 Å². The molecule has 0 atom stereocenters. The first-order valence-electron chi connectivity index (χ1n) is 8.01. The van der Waals surface area contributed by atoms with Crippen LogP contribution in [0.3, 0.4) is 0 Å². The summed E-state index contributed by atoms with van der Waals surface area (Å²) in [5, 5.41) is 0. The van der Waals surface area contributed by atoms with Gasteiger partial charge in [0.2, 0.25) is 0 Å². The first kappa shape index (κ1) is 18.2. The maximum Gasteiger partial charge on any atom is 0.137 e. The molecule has 0 N–H and O–H groups in total. The molecule has 21 heavy (non-hydrogen) atoms. The molecule has 0 aliphatic heterocycles. The van der Waals surface area contributed by atoms with Crippen molar-refractivity contribution in [2.75, 3.05) is 7.11 Å². The molecular formula is C18H27BrO2. The first-order chi connectivity index (χ1) is 10.2. The van der Waals surface area contributed by atoms with Gasteiger partial charge in [0, 0.05) is 17.3 Å². The third kappa shape index (κ3) is 7.66. The van der Waals surface area contributed by atoms with Gasteiger partial charge < -0.3 is 4.74 Å². The van der Waals surface area contributed by atoms with Crippen LogP contribution in [0, 0.1) is 0 Å². The monoisotopic (exact) mass is 354 g/mol. The third-order valence-electron chi connectivity index (χ3n) is 3.70. The highest BCUT2D eigenvalue weighted by atomic mass is 79.9. The fourth-order valence-corrected chi connectivity index (χ4v) is 2.78. The SMILES string of the molecule is CCCCCCCCCC(=O)Cc1cc(OC)ccc1Br. The van der Waals surface area contributed by atoms with Crippen LogP contribution < -0.4 is 4.74 Å². The average Bonchev–Trinajstić information content (AvgIpc) is 2.48. The van der Waals surface area contributed by atoms with Crippen LogP contribution >= 0.6 is 15.9 Å². The van der Waals surface area contributed by atoms with E-state index in [2.05, 4.69) is 22.9 Å². The number of hydrogen-bond donors (Lipinski definition) is 0. The van der Waals surface area contributed by atoms with Crippen molar-refractivity contribution in [1.82, 2.24) is 0 Å². The highest BCUT2D eigenvalue weighted by Gasteiger charge is 2.08. The fourth-order valence-electron chi connectivity index (χ4n) is 2.39. The number of benzene rings is 1. The minimum atomic E-state index is 0.317. The molecule has 0 amide bonds. The minimum absolute atomic E-state index is 0.317. The number of carbonyl (C=O) groups is 1. The second-order valence-corrected chi connectivity index (χ2v) is 6.40. The Kier molecular flexibility index (Phi) is 9.40. The van der Waals surface area contributed by atoms with E-state index in [1.807, 2.05) is 18.2 Å². The van der Waals surface area contributed by atoms with Crippen molar-refractivity contribution in [3.63, 3.8) is 0 Å². The van der Waals surface area contributed by atoms with Crippen molar-refractivity contribution in [2.24, 2.45) is 0 Å². The fraction of sp³-hybridized carbons (Fsp3) is 0.611. The maximum absolute atomic E-state index is 12.0. The van der Waals surface area contributed by atoms with Gasteiger partial charge in [0.15, 0.2) is 0 Å². The lowest BCUT2D eigenvalue weighted by molar-refractivity contribution is -0.118. The highest BCUT2D eigenvalue weighted by Crippen LogP contribution is 2.23. The molecule has 1 rings (SSSR count).